The van der Waals surface area contributed by atoms with Gasteiger partial charge in [-0.1, -0.05) is 59.0 Å². The minimum absolute atomic E-state index is 0.118. The molecule has 3 N–H and O–H groups in total. The molecule has 0 aromatic rings. The Balaban J connectivity index is 1.25. The molecule has 40 heavy (non-hydrogen) atoms. The molecule has 0 aliphatic heterocycles. The van der Waals surface area contributed by atoms with Crippen LogP contribution in [0.25, 0.3) is 10.4 Å². The maximum Gasteiger partial charge on any atom is 0.0577 e. The molecule has 0 radical (unpaired) electrons. The highest BCUT2D eigenvalue weighted by Crippen LogP contribution is 2.68. The average molecular weight is 558 g/mol. The molecule has 4 aliphatic carbocycles. The molecule has 0 aromatic heterocycles. The van der Waals surface area contributed by atoms with Crippen LogP contribution in [0.15, 0.2) is 5.11 Å². The third-order valence-electron chi connectivity index (χ3n) is 12.8. The van der Waals surface area contributed by atoms with Gasteiger partial charge in [0.25, 0.3) is 0 Å². The van der Waals surface area contributed by atoms with Crippen molar-refractivity contribution in [2.24, 2.45) is 57.4 Å². The van der Waals surface area contributed by atoms with Crippen LogP contribution in [0.5, 0.6) is 0 Å². The van der Waals surface area contributed by atoms with Gasteiger partial charge in [-0.3, -0.25) is 0 Å². The smallest absolute Gasteiger partial charge is 0.0577 e. The zero-order valence-corrected chi connectivity index (χ0v) is 26.7. The normalized spacial score (nSPS) is 39.7. The third kappa shape index (κ3) is 7.21. The van der Waals surface area contributed by atoms with E-state index in [1.807, 2.05) is 0 Å². The maximum absolute atomic E-state index is 11.7. The second kappa shape index (κ2) is 14.6. The van der Waals surface area contributed by atoms with E-state index in [0.29, 0.717) is 29.3 Å². The lowest BCUT2D eigenvalue weighted by atomic mass is 9.43. The molecule has 10 atom stereocenters. The average Bonchev–Trinajstić information content (AvgIpc) is 3.27. The summed E-state index contributed by atoms with van der Waals surface area (Å²) in [5, 5.41) is 22.6. The van der Waals surface area contributed by atoms with Gasteiger partial charge in [-0.15, -0.1) is 0 Å². The number of rotatable bonds is 15. The molecule has 4 rings (SSSR count). The summed E-state index contributed by atoms with van der Waals surface area (Å²) in [5.41, 5.74) is 9.16. The molecule has 6 unspecified atom stereocenters. The largest absolute Gasteiger partial charge is 0.393 e. The summed E-state index contributed by atoms with van der Waals surface area (Å²) in [6.45, 7) is 16.2. The quantitative estimate of drug-likeness (QED) is 0.0821. The summed E-state index contributed by atoms with van der Waals surface area (Å²) < 4.78 is 0. The second-order valence-electron chi connectivity index (χ2n) is 15.5. The van der Waals surface area contributed by atoms with E-state index in [1.165, 1.54) is 57.8 Å². The van der Waals surface area contributed by atoms with Gasteiger partial charge < -0.3 is 15.7 Å². The van der Waals surface area contributed by atoms with E-state index in [0.717, 1.165) is 87.2 Å². The molecule has 6 heteroatoms. The fraction of sp³-hybridized carbons (Fsp3) is 1.00. The van der Waals surface area contributed by atoms with Gasteiger partial charge in [-0.25, -0.2) is 0 Å². The van der Waals surface area contributed by atoms with Crippen molar-refractivity contribution in [3.05, 3.63) is 10.4 Å². The van der Waals surface area contributed by atoms with Crippen molar-refractivity contribution < 1.29 is 5.11 Å². The van der Waals surface area contributed by atoms with Crippen molar-refractivity contribution in [1.82, 2.24) is 10.6 Å². The summed E-state index contributed by atoms with van der Waals surface area (Å²) in [6, 6.07) is 0.560. The number of fused-ring (bicyclic) bond motifs is 5. The molecular formula is C34H63N5O. The van der Waals surface area contributed by atoms with Crippen LogP contribution >= 0.6 is 0 Å². The number of unbranched alkanes of at least 4 members (excludes halogenated alkanes) is 1. The topological polar surface area (TPSA) is 93.0 Å². The van der Waals surface area contributed by atoms with E-state index in [1.54, 1.807) is 0 Å². The number of aliphatic hydroxyl groups excluding tert-OH is 1. The Morgan fingerprint density at radius 1 is 0.850 bits per heavy atom. The van der Waals surface area contributed by atoms with Gasteiger partial charge in [0.2, 0.25) is 0 Å². The highest BCUT2D eigenvalue weighted by molar-refractivity contribution is 5.11. The zero-order chi connectivity index (χ0) is 28.8. The van der Waals surface area contributed by atoms with Crippen LogP contribution < -0.4 is 10.6 Å². The lowest BCUT2D eigenvalue weighted by Crippen LogP contribution is -2.59. The summed E-state index contributed by atoms with van der Waals surface area (Å²) in [5.74, 6) is 5.42. The first-order chi connectivity index (χ1) is 19.2. The summed E-state index contributed by atoms with van der Waals surface area (Å²) in [7, 11) is 0. The first kappa shape index (κ1) is 32.1. The number of hydrogen-bond acceptors (Lipinski definition) is 4. The van der Waals surface area contributed by atoms with Crippen LogP contribution in [-0.2, 0) is 0 Å². The highest BCUT2D eigenvalue weighted by Gasteiger charge is 2.62. The molecule has 0 heterocycles. The van der Waals surface area contributed by atoms with E-state index in [9.17, 15) is 5.11 Å². The van der Waals surface area contributed by atoms with Gasteiger partial charge in [0, 0.05) is 17.5 Å². The van der Waals surface area contributed by atoms with Gasteiger partial charge in [0.1, 0.15) is 0 Å². The second-order valence-corrected chi connectivity index (χ2v) is 15.5. The minimum Gasteiger partial charge on any atom is -0.393 e. The van der Waals surface area contributed by atoms with Gasteiger partial charge >= 0.3 is 0 Å². The van der Waals surface area contributed by atoms with E-state index < -0.39 is 0 Å². The highest BCUT2D eigenvalue weighted by atomic mass is 16.3. The Morgan fingerprint density at radius 2 is 1.60 bits per heavy atom. The molecule has 4 saturated carbocycles. The standard InChI is InChI=1S/C34H63N5O/c1-24(2)10-8-11-25(3)28-12-13-29-27-23-32(40)31-22-26(37-20-9-19-36-18-6-7-21-38-39-35)14-16-34(31,5)30(27)15-17-33(28,29)4/h24-32,36-37,40H,6-23H2,1-5H3/t25-,26-,27?,28?,29?,30?,31-,32?,33-,34?/m1/s1. The Kier molecular flexibility index (Phi) is 11.7. The van der Waals surface area contributed by atoms with Crippen LogP contribution in [0.2, 0.25) is 0 Å². The Hall–Kier alpha value is -0.810. The van der Waals surface area contributed by atoms with Crippen LogP contribution in [-0.4, -0.2) is 43.4 Å². The molecule has 4 aliphatic rings. The van der Waals surface area contributed by atoms with Gasteiger partial charge in [0.05, 0.1) is 6.10 Å². The molecule has 230 valence electrons. The van der Waals surface area contributed by atoms with Crippen LogP contribution in [0.3, 0.4) is 0 Å². The maximum atomic E-state index is 11.7. The first-order valence-corrected chi connectivity index (χ1v) is 17.3. The lowest BCUT2D eigenvalue weighted by molar-refractivity contribution is -0.162. The van der Waals surface area contributed by atoms with Gasteiger partial charge in [-0.05, 0) is 148 Å². The number of nitrogens with one attached hydrogen (secondary N) is 2. The van der Waals surface area contributed by atoms with Crippen molar-refractivity contribution in [2.75, 3.05) is 26.2 Å². The van der Waals surface area contributed by atoms with Crippen LogP contribution in [0, 0.1) is 52.3 Å². The number of hydrogen-bond donors (Lipinski definition) is 3. The number of azide groups is 1. The van der Waals surface area contributed by atoms with E-state index in [4.69, 9.17) is 5.53 Å². The zero-order valence-electron chi connectivity index (χ0n) is 26.7. The van der Waals surface area contributed by atoms with Crippen LogP contribution in [0.1, 0.15) is 125 Å². The van der Waals surface area contributed by atoms with E-state index in [2.05, 4.69) is 55.3 Å². The van der Waals surface area contributed by atoms with Crippen molar-refractivity contribution in [1.29, 1.82) is 0 Å². The summed E-state index contributed by atoms with van der Waals surface area (Å²) in [4.78, 5) is 2.81. The van der Waals surface area contributed by atoms with E-state index in [-0.39, 0.29) is 6.10 Å². The molecule has 6 nitrogen and oxygen atoms in total. The predicted octanol–water partition coefficient (Wildman–Crippen LogP) is 8.11. The number of aliphatic hydroxyl groups is 1. The molecule has 0 spiro atoms. The van der Waals surface area contributed by atoms with Crippen molar-refractivity contribution >= 4 is 0 Å². The molecule has 0 aromatic carbocycles. The fourth-order valence-electron chi connectivity index (χ4n) is 10.6. The van der Waals surface area contributed by atoms with Gasteiger partial charge in [-0.2, -0.15) is 0 Å². The molecular weight excluding hydrogens is 494 g/mol. The van der Waals surface area contributed by atoms with Crippen molar-refractivity contribution in [3.8, 4) is 0 Å². The monoisotopic (exact) mass is 558 g/mol. The first-order valence-electron chi connectivity index (χ1n) is 17.3. The lowest BCUT2D eigenvalue weighted by Gasteiger charge is -2.62. The summed E-state index contributed by atoms with van der Waals surface area (Å²) >= 11 is 0. The summed E-state index contributed by atoms with van der Waals surface area (Å²) in [6.07, 6.45) is 17.7. The number of nitrogens with zero attached hydrogens (tertiary/aromatic N) is 3. The minimum atomic E-state index is -0.118. The van der Waals surface area contributed by atoms with E-state index >= 15 is 0 Å². The molecule has 0 bridgehead atoms. The predicted molar refractivity (Wildman–Crippen MR) is 167 cm³/mol. The Labute approximate surface area is 246 Å². The SMILES string of the molecule is CC(C)CCC[C@@H](C)C1CCC2C3CC(O)[C@H]4C[C@H](NCCCNCCCCN=[N+]=[N-])CCC4(C)C3CC[C@@]21C. The van der Waals surface area contributed by atoms with Crippen molar-refractivity contribution in [2.45, 2.75) is 137 Å². The molecule has 0 saturated heterocycles. The van der Waals surface area contributed by atoms with Crippen molar-refractivity contribution in [3.63, 3.8) is 0 Å². The van der Waals surface area contributed by atoms with Gasteiger partial charge in [0.15, 0.2) is 0 Å². The fourth-order valence-corrected chi connectivity index (χ4v) is 10.6. The van der Waals surface area contributed by atoms with Crippen LogP contribution in [0.4, 0.5) is 0 Å². The Bertz CT molecular complexity index is 829. The Morgan fingerprint density at radius 3 is 2.38 bits per heavy atom. The molecule has 4 fully saturated rings. The third-order valence-corrected chi connectivity index (χ3v) is 12.8. The molecule has 0 amide bonds.